The van der Waals surface area contributed by atoms with Crippen LogP contribution in [0.3, 0.4) is 0 Å². The van der Waals surface area contributed by atoms with Crippen molar-refractivity contribution < 1.29 is 13.6 Å². The summed E-state index contributed by atoms with van der Waals surface area (Å²) in [7, 11) is 0. The summed E-state index contributed by atoms with van der Waals surface area (Å²) in [6, 6.07) is 7.50. The monoisotopic (exact) mass is 294 g/mol. The average molecular weight is 295 g/mol. The molecule has 0 fully saturated rings. The molecule has 1 heterocycles. The first-order valence-electron chi connectivity index (χ1n) is 5.86. The van der Waals surface area contributed by atoms with Gasteiger partial charge in [-0.2, -0.15) is 0 Å². The fourth-order valence-electron chi connectivity index (χ4n) is 2.13. The maximum atomic E-state index is 13.1. The molecule has 2 N–H and O–H groups in total. The number of halogens is 3. The molecule has 0 aliphatic carbocycles. The second-order valence-corrected chi connectivity index (χ2v) is 4.83. The molecular weight excluding hydrogens is 286 g/mol. The van der Waals surface area contributed by atoms with E-state index in [0.717, 1.165) is 0 Å². The third-order valence-electron chi connectivity index (χ3n) is 3.08. The van der Waals surface area contributed by atoms with Crippen LogP contribution in [0.2, 0.25) is 5.02 Å². The molecular formula is C14H9ClF2N2O. The summed E-state index contributed by atoms with van der Waals surface area (Å²) in [4.78, 5) is 11.9. The number of fused-ring (bicyclic) bond motifs is 1. The van der Waals surface area contributed by atoms with Gasteiger partial charge in [-0.25, -0.2) is 8.78 Å². The number of carbonyl (C=O) groups excluding carboxylic acids is 1. The van der Waals surface area contributed by atoms with E-state index >= 15 is 0 Å². The van der Waals surface area contributed by atoms with Gasteiger partial charge in [0.1, 0.15) is 17.7 Å². The van der Waals surface area contributed by atoms with Crippen molar-refractivity contribution in [1.82, 2.24) is 0 Å². The van der Waals surface area contributed by atoms with E-state index in [9.17, 15) is 13.6 Å². The summed E-state index contributed by atoms with van der Waals surface area (Å²) in [6.45, 7) is 0. The maximum Gasteiger partial charge on any atom is 0.251 e. The molecule has 2 aromatic rings. The lowest BCUT2D eigenvalue weighted by molar-refractivity contribution is -0.116. The molecule has 0 saturated carbocycles. The van der Waals surface area contributed by atoms with Gasteiger partial charge in [0.15, 0.2) is 0 Å². The molecule has 0 spiro atoms. The quantitative estimate of drug-likeness (QED) is 0.886. The zero-order chi connectivity index (χ0) is 14.3. The number of carbonyl (C=O) groups is 1. The molecule has 6 heteroatoms. The highest BCUT2D eigenvalue weighted by molar-refractivity contribution is 6.31. The molecule has 3 nitrogen and oxygen atoms in total. The summed E-state index contributed by atoms with van der Waals surface area (Å²) in [5.41, 5.74) is 1.58. The van der Waals surface area contributed by atoms with Crippen LogP contribution in [0.25, 0.3) is 0 Å². The Kier molecular flexibility index (Phi) is 3.06. The number of hydrogen-bond donors (Lipinski definition) is 2. The first-order valence-corrected chi connectivity index (χ1v) is 6.24. The SMILES string of the molecule is O=C1Nc2cc(F)ccc2C1Nc1ccc(F)c(Cl)c1. The van der Waals surface area contributed by atoms with E-state index in [1.54, 1.807) is 0 Å². The smallest absolute Gasteiger partial charge is 0.251 e. The van der Waals surface area contributed by atoms with Crippen LogP contribution in [-0.4, -0.2) is 5.91 Å². The van der Waals surface area contributed by atoms with E-state index < -0.39 is 17.7 Å². The van der Waals surface area contributed by atoms with Gasteiger partial charge in [0.2, 0.25) is 0 Å². The summed E-state index contributed by atoms with van der Waals surface area (Å²) >= 11 is 5.69. The molecule has 1 aliphatic rings. The van der Waals surface area contributed by atoms with E-state index in [1.165, 1.54) is 36.4 Å². The minimum absolute atomic E-state index is 0.0345. The third kappa shape index (κ3) is 2.20. The largest absolute Gasteiger partial charge is 0.370 e. The highest BCUT2D eigenvalue weighted by Gasteiger charge is 2.30. The predicted octanol–water partition coefficient (Wildman–Crippen LogP) is 3.72. The standard InChI is InChI=1S/C14H9ClF2N2O/c15-10-6-8(2-4-11(10)17)18-13-9-3-1-7(16)5-12(9)19-14(13)20/h1-6,13,18H,(H,19,20). The van der Waals surface area contributed by atoms with Crippen LogP contribution in [0.1, 0.15) is 11.6 Å². The van der Waals surface area contributed by atoms with Gasteiger partial charge in [-0.1, -0.05) is 17.7 Å². The van der Waals surface area contributed by atoms with Gasteiger partial charge in [-0.05, 0) is 30.3 Å². The summed E-state index contributed by atoms with van der Waals surface area (Å²) in [6.07, 6.45) is 0. The normalized spacial score (nSPS) is 16.8. The predicted molar refractivity (Wildman–Crippen MR) is 72.8 cm³/mol. The summed E-state index contributed by atoms with van der Waals surface area (Å²) in [5.74, 6) is -1.25. The average Bonchev–Trinajstić information content (AvgIpc) is 2.69. The van der Waals surface area contributed by atoms with Gasteiger partial charge in [0.25, 0.3) is 5.91 Å². The first-order chi connectivity index (χ1) is 9.54. The Morgan fingerprint density at radius 2 is 1.95 bits per heavy atom. The Hall–Kier alpha value is -2.14. The number of benzene rings is 2. The molecule has 2 aromatic carbocycles. The van der Waals surface area contributed by atoms with Gasteiger partial charge >= 0.3 is 0 Å². The van der Waals surface area contributed by atoms with Crippen LogP contribution in [0.15, 0.2) is 36.4 Å². The van der Waals surface area contributed by atoms with Crippen molar-refractivity contribution in [1.29, 1.82) is 0 Å². The van der Waals surface area contributed by atoms with E-state index in [2.05, 4.69) is 10.6 Å². The molecule has 20 heavy (non-hydrogen) atoms. The Morgan fingerprint density at radius 3 is 2.70 bits per heavy atom. The van der Waals surface area contributed by atoms with Crippen LogP contribution in [0, 0.1) is 11.6 Å². The minimum Gasteiger partial charge on any atom is -0.370 e. The first kappa shape index (κ1) is 12.9. The highest BCUT2D eigenvalue weighted by Crippen LogP contribution is 2.34. The second kappa shape index (κ2) is 4.76. The van der Waals surface area contributed by atoms with E-state index in [4.69, 9.17) is 11.6 Å². The molecule has 0 radical (unpaired) electrons. The van der Waals surface area contributed by atoms with Gasteiger partial charge in [0, 0.05) is 16.9 Å². The maximum absolute atomic E-state index is 13.1. The number of anilines is 2. The van der Waals surface area contributed by atoms with Gasteiger partial charge in [-0.15, -0.1) is 0 Å². The molecule has 1 aliphatic heterocycles. The van der Waals surface area contributed by atoms with Crippen LogP contribution in [0.4, 0.5) is 20.2 Å². The fourth-order valence-corrected chi connectivity index (χ4v) is 2.31. The van der Waals surface area contributed by atoms with Gasteiger partial charge in [-0.3, -0.25) is 4.79 Å². The van der Waals surface area contributed by atoms with Crippen LogP contribution < -0.4 is 10.6 Å². The molecule has 1 amide bonds. The van der Waals surface area contributed by atoms with Crippen molar-refractivity contribution >= 4 is 28.9 Å². The van der Waals surface area contributed by atoms with Crippen molar-refractivity contribution in [3.63, 3.8) is 0 Å². The topological polar surface area (TPSA) is 41.1 Å². The van der Waals surface area contributed by atoms with Crippen molar-refractivity contribution in [2.75, 3.05) is 10.6 Å². The number of hydrogen-bond acceptors (Lipinski definition) is 2. The van der Waals surface area contributed by atoms with Crippen LogP contribution in [0.5, 0.6) is 0 Å². The van der Waals surface area contributed by atoms with Crippen LogP contribution in [-0.2, 0) is 4.79 Å². The number of amides is 1. The zero-order valence-corrected chi connectivity index (χ0v) is 10.8. The summed E-state index contributed by atoms with van der Waals surface area (Å²) < 4.78 is 26.2. The Morgan fingerprint density at radius 1 is 1.15 bits per heavy atom. The Bertz CT molecular complexity index is 706. The molecule has 102 valence electrons. The minimum atomic E-state index is -0.660. The number of rotatable bonds is 2. The lowest BCUT2D eigenvalue weighted by Gasteiger charge is -2.13. The van der Waals surface area contributed by atoms with E-state index in [1.807, 2.05) is 0 Å². The molecule has 0 bridgehead atoms. The van der Waals surface area contributed by atoms with Gasteiger partial charge in [0.05, 0.1) is 5.02 Å². The zero-order valence-electron chi connectivity index (χ0n) is 10.1. The van der Waals surface area contributed by atoms with Crippen LogP contribution >= 0.6 is 11.6 Å². The highest BCUT2D eigenvalue weighted by atomic mass is 35.5. The Labute approximate surface area is 118 Å². The third-order valence-corrected chi connectivity index (χ3v) is 3.37. The van der Waals surface area contributed by atoms with E-state index in [-0.39, 0.29) is 10.9 Å². The summed E-state index contributed by atoms with van der Waals surface area (Å²) in [5, 5.41) is 5.50. The Balaban J connectivity index is 1.92. The number of nitrogens with one attached hydrogen (secondary N) is 2. The molecule has 0 aromatic heterocycles. The van der Waals surface area contributed by atoms with Crippen molar-refractivity contribution in [2.45, 2.75) is 6.04 Å². The molecule has 3 rings (SSSR count). The van der Waals surface area contributed by atoms with Crippen molar-refractivity contribution in [3.8, 4) is 0 Å². The molecule has 0 saturated heterocycles. The lowest BCUT2D eigenvalue weighted by Crippen LogP contribution is -2.19. The van der Waals surface area contributed by atoms with Gasteiger partial charge < -0.3 is 10.6 Å². The second-order valence-electron chi connectivity index (χ2n) is 4.43. The lowest BCUT2D eigenvalue weighted by atomic mass is 10.1. The fraction of sp³-hybridized carbons (Fsp3) is 0.0714. The van der Waals surface area contributed by atoms with Crippen molar-refractivity contribution in [3.05, 3.63) is 58.6 Å². The van der Waals surface area contributed by atoms with E-state index in [0.29, 0.717) is 16.9 Å². The molecule has 1 unspecified atom stereocenters. The molecule has 1 atom stereocenters. The van der Waals surface area contributed by atoms with Crippen molar-refractivity contribution in [2.24, 2.45) is 0 Å².